The summed E-state index contributed by atoms with van der Waals surface area (Å²) in [6, 6.07) is 0.806. The first-order valence-corrected chi connectivity index (χ1v) is 6.24. The number of rotatable bonds is 5. The van der Waals surface area contributed by atoms with Gasteiger partial charge in [-0.05, 0) is 12.5 Å². The van der Waals surface area contributed by atoms with E-state index in [1.807, 2.05) is 6.92 Å². The van der Waals surface area contributed by atoms with Gasteiger partial charge in [0, 0.05) is 18.0 Å². The van der Waals surface area contributed by atoms with Crippen molar-refractivity contribution in [3.05, 3.63) is 18.0 Å². The summed E-state index contributed by atoms with van der Waals surface area (Å²) in [5, 5.41) is 2.77. The molecule has 1 rings (SSSR count). The Balaban J connectivity index is 2.98. The first kappa shape index (κ1) is 15.3. The van der Waals surface area contributed by atoms with E-state index in [1.54, 1.807) is 0 Å². The molecule has 0 saturated carbocycles. The van der Waals surface area contributed by atoms with Crippen molar-refractivity contribution in [2.24, 2.45) is 0 Å². The van der Waals surface area contributed by atoms with E-state index in [-0.39, 0.29) is 17.7 Å². The van der Waals surface area contributed by atoms with Crippen LogP contribution >= 0.6 is 23.2 Å². The highest BCUT2D eigenvalue weighted by molar-refractivity contribution is 6.22. The van der Waals surface area contributed by atoms with Crippen LogP contribution in [0.1, 0.15) is 19.0 Å². The molecule has 0 bridgehead atoms. The molecular formula is C10H12Cl2F3N3. The maximum atomic E-state index is 12.5. The molecule has 0 unspecified atom stereocenters. The van der Waals surface area contributed by atoms with Gasteiger partial charge in [0.1, 0.15) is 5.69 Å². The van der Waals surface area contributed by atoms with Gasteiger partial charge in [0.05, 0.1) is 5.54 Å². The van der Waals surface area contributed by atoms with E-state index >= 15 is 0 Å². The molecular weight excluding hydrogens is 290 g/mol. The van der Waals surface area contributed by atoms with E-state index in [2.05, 4.69) is 15.3 Å². The maximum absolute atomic E-state index is 12.5. The summed E-state index contributed by atoms with van der Waals surface area (Å²) < 4.78 is 37.4. The molecule has 1 aromatic rings. The molecule has 0 saturated heterocycles. The number of nitrogens with zero attached hydrogens (tertiary/aromatic N) is 2. The minimum Gasteiger partial charge on any atom is -0.346 e. The van der Waals surface area contributed by atoms with Crippen molar-refractivity contribution in [2.75, 3.05) is 17.1 Å². The van der Waals surface area contributed by atoms with E-state index < -0.39 is 17.4 Å². The minimum atomic E-state index is -4.50. The van der Waals surface area contributed by atoms with Crippen molar-refractivity contribution in [1.82, 2.24) is 9.97 Å². The number of hydrogen-bond acceptors (Lipinski definition) is 3. The molecule has 0 atom stereocenters. The minimum absolute atomic E-state index is 0.132. The van der Waals surface area contributed by atoms with Gasteiger partial charge in [0.15, 0.2) is 0 Å². The van der Waals surface area contributed by atoms with Crippen LogP contribution in [0, 0.1) is 0 Å². The van der Waals surface area contributed by atoms with E-state index in [0.29, 0.717) is 6.42 Å². The van der Waals surface area contributed by atoms with Crippen LogP contribution in [0.25, 0.3) is 0 Å². The van der Waals surface area contributed by atoms with Crippen LogP contribution in [0.2, 0.25) is 0 Å². The molecule has 1 N–H and O–H groups in total. The van der Waals surface area contributed by atoms with Crippen LogP contribution in [0.5, 0.6) is 0 Å². The number of anilines is 1. The third kappa shape index (κ3) is 3.62. The number of nitrogens with one attached hydrogen (secondary N) is 1. The molecule has 3 nitrogen and oxygen atoms in total. The lowest BCUT2D eigenvalue weighted by molar-refractivity contribution is -0.141. The summed E-state index contributed by atoms with van der Waals surface area (Å²) in [5.74, 6) is 0.159. The van der Waals surface area contributed by atoms with Gasteiger partial charge >= 0.3 is 6.18 Å². The Bertz CT molecular complexity index is 386. The summed E-state index contributed by atoms with van der Waals surface area (Å²) in [6.45, 7) is 1.82. The predicted octanol–water partition coefficient (Wildman–Crippen LogP) is 3.53. The van der Waals surface area contributed by atoms with Crippen molar-refractivity contribution in [3.8, 4) is 0 Å². The van der Waals surface area contributed by atoms with Crippen LogP contribution in [0.4, 0.5) is 19.1 Å². The Kier molecular flexibility index (Phi) is 5.04. The zero-order valence-electron chi connectivity index (χ0n) is 9.56. The van der Waals surface area contributed by atoms with Gasteiger partial charge in [0.25, 0.3) is 0 Å². The van der Waals surface area contributed by atoms with Gasteiger partial charge in [0.2, 0.25) is 5.95 Å². The molecule has 0 aliphatic rings. The summed E-state index contributed by atoms with van der Waals surface area (Å²) in [7, 11) is 0. The topological polar surface area (TPSA) is 37.8 Å². The van der Waals surface area contributed by atoms with Crippen molar-refractivity contribution in [2.45, 2.75) is 25.1 Å². The highest BCUT2D eigenvalue weighted by Gasteiger charge is 2.34. The molecule has 8 heteroatoms. The van der Waals surface area contributed by atoms with Crippen LogP contribution in [0.3, 0.4) is 0 Å². The monoisotopic (exact) mass is 301 g/mol. The van der Waals surface area contributed by atoms with E-state index in [0.717, 1.165) is 12.3 Å². The molecule has 0 radical (unpaired) electrons. The molecule has 0 aliphatic carbocycles. The van der Waals surface area contributed by atoms with Gasteiger partial charge in [-0.3, -0.25) is 0 Å². The molecule has 0 aliphatic heterocycles. The predicted molar refractivity (Wildman–Crippen MR) is 65.1 cm³/mol. The summed E-state index contributed by atoms with van der Waals surface area (Å²) in [6.07, 6.45) is -2.92. The zero-order chi connectivity index (χ0) is 13.8. The summed E-state index contributed by atoms with van der Waals surface area (Å²) in [5.41, 5.74) is -1.72. The number of aromatic nitrogens is 2. The van der Waals surface area contributed by atoms with Crippen LogP contribution < -0.4 is 5.32 Å². The highest BCUT2D eigenvalue weighted by Crippen LogP contribution is 2.28. The van der Waals surface area contributed by atoms with Gasteiger partial charge in [-0.25, -0.2) is 9.97 Å². The molecule has 0 spiro atoms. The zero-order valence-corrected chi connectivity index (χ0v) is 11.1. The Labute approximate surface area is 113 Å². The third-order valence-corrected chi connectivity index (χ3v) is 3.53. The second-order valence-corrected chi connectivity index (χ2v) is 4.32. The largest absolute Gasteiger partial charge is 0.433 e. The maximum Gasteiger partial charge on any atom is 0.433 e. The third-order valence-electron chi connectivity index (χ3n) is 2.51. The first-order valence-electron chi connectivity index (χ1n) is 5.17. The molecule has 0 amide bonds. The van der Waals surface area contributed by atoms with Crippen LogP contribution in [-0.2, 0) is 6.18 Å². The van der Waals surface area contributed by atoms with Crippen LogP contribution in [-0.4, -0.2) is 27.3 Å². The fraction of sp³-hybridized carbons (Fsp3) is 0.600. The first-order chi connectivity index (χ1) is 8.37. The second-order valence-electron chi connectivity index (χ2n) is 3.79. The Morgan fingerprint density at radius 2 is 1.89 bits per heavy atom. The molecule has 1 aromatic heterocycles. The average Bonchev–Trinajstić information content (AvgIpc) is 2.35. The second kappa shape index (κ2) is 5.93. The number of halogens is 5. The van der Waals surface area contributed by atoms with Gasteiger partial charge < -0.3 is 5.32 Å². The van der Waals surface area contributed by atoms with Gasteiger partial charge in [-0.1, -0.05) is 6.92 Å². The Hall–Kier alpha value is -0.750. The number of alkyl halides is 5. The summed E-state index contributed by atoms with van der Waals surface area (Å²) in [4.78, 5) is 7.15. The molecule has 0 aromatic carbocycles. The normalized spacial score (nSPS) is 12.6. The van der Waals surface area contributed by atoms with E-state index in [4.69, 9.17) is 23.2 Å². The Morgan fingerprint density at radius 1 is 1.28 bits per heavy atom. The van der Waals surface area contributed by atoms with Crippen molar-refractivity contribution < 1.29 is 13.2 Å². The standard InChI is InChI=1S/C10H12Cl2F3N3/c1-2-9(5-11,6-12)18-8-16-4-3-7(17-8)10(13,14)15/h3-4H,2,5-6H2,1H3,(H,16,17,18). The summed E-state index contributed by atoms with van der Waals surface area (Å²) >= 11 is 11.6. The molecule has 1 heterocycles. The lowest BCUT2D eigenvalue weighted by atomic mass is 10.0. The Morgan fingerprint density at radius 3 is 2.33 bits per heavy atom. The fourth-order valence-electron chi connectivity index (χ4n) is 1.19. The quantitative estimate of drug-likeness (QED) is 0.846. The van der Waals surface area contributed by atoms with Gasteiger partial charge in [-0.15, -0.1) is 23.2 Å². The van der Waals surface area contributed by atoms with E-state index in [9.17, 15) is 13.2 Å². The van der Waals surface area contributed by atoms with Gasteiger partial charge in [-0.2, -0.15) is 13.2 Å². The molecule has 18 heavy (non-hydrogen) atoms. The smallest absolute Gasteiger partial charge is 0.346 e. The lowest BCUT2D eigenvalue weighted by Crippen LogP contribution is -2.42. The highest BCUT2D eigenvalue weighted by atomic mass is 35.5. The molecule has 102 valence electrons. The SMILES string of the molecule is CCC(CCl)(CCl)Nc1nccc(C(F)(F)F)n1. The average molecular weight is 302 g/mol. The van der Waals surface area contributed by atoms with Crippen molar-refractivity contribution in [3.63, 3.8) is 0 Å². The van der Waals surface area contributed by atoms with Crippen molar-refractivity contribution >= 4 is 29.2 Å². The fourth-order valence-corrected chi connectivity index (χ4v) is 1.99. The number of hydrogen-bond donors (Lipinski definition) is 1. The van der Waals surface area contributed by atoms with E-state index in [1.165, 1.54) is 0 Å². The lowest BCUT2D eigenvalue weighted by Gasteiger charge is -2.29. The van der Waals surface area contributed by atoms with Crippen LogP contribution in [0.15, 0.2) is 12.3 Å². The van der Waals surface area contributed by atoms with Crippen molar-refractivity contribution in [1.29, 1.82) is 0 Å². The molecule has 0 fully saturated rings.